The van der Waals surface area contributed by atoms with Crippen molar-refractivity contribution in [1.82, 2.24) is 19.8 Å². The van der Waals surface area contributed by atoms with Crippen molar-refractivity contribution in [3.05, 3.63) is 65.0 Å². The van der Waals surface area contributed by atoms with Crippen LogP contribution < -0.4 is 0 Å². The summed E-state index contributed by atoms with van der Waals surface area (Å²) in [5.41, 5.74) is 3.76. The Kier molecular flexibility index (Phi) is 6.01. The van der Waals surface area contributed by atoms with Crippen molar-refractivity contribution >= 4 is 40.1 Å². The molecule has 0 saturated carbocycles. The molecular weight excluding hydrogens is 428 g/mol. The fraction of sp³-hybridized carbons (Fsp3) is 0.261. The zero-order valence-corrected chi connectivity index (χ0v) is 18.6. The van der Waals surface area contributed by atoms with Crippen LogP contribution in [0, 0.1) is 0 Å². The van der Waals surface area contributed by atoms with E-state index >= 15 is 0 Å². The highest BCUT2D eigenvalue weighted by Crippen LogP contribution is 2.24. The van der Waals surface area contributed by atoms with E-state index in [0.717, 1.165) is 60.1 Å². The Morgan fingerprint density at radius 2 is 1.77 bits per heavy atom. The summed E-state index contributed by atoms with van der Waals surface area (Å²) in [5, 5.41) is 3.78. The molecule has 158 valence electrons. The molecule has 0 N–H and O–H groups in total. The van der Waals surface area contributed by atoms with Crippen LogP contribution in [0.2, 0.25) is 0 Å². The lowest BCUT2D eigenvalue weighted by molar-refractivity contribution is -0.130. The van der Waals surface area contributed by atoms with E-state index in [1.807, 2.05) is 47.4 Å². The first kappa shape index (κ1) is 20.2. The average molecular weight is 451 g/mol. The molecule has 1 amide bonds. The third kappa shape index (κ3) is 4.81. The number of carbonyl (C=O) groups excluding carboxylic acids is 1. The highest BCUT2D eigenvalue weighted by Gasteiger charge is 2.22. The van der Waals surface area contributed by atoms with Crippen LogP contribution in [0.15, 0.2) is 69.6 Å². The molecule has 2 aromatic carbocycles. The summed E-state index contributed by atoms with van der Waals surface area (Å²) >= 11 is 3.06. The van der Waals surface area contributed by atoms with Gasteiger partial charge in [0.25, 0.3) is 5.22 Å². The lowest BCUT2D eigenvalue weighted by atomic mass is 10.2. The number of rotatable bonds is 6. The molecule has 0 radical (unpaired) electrons. The van der Waals surface area contributed by atoms with Crippen molar-refractivity contribution in [1.29, 1.82) is 0 Å². The molecule has 4 aromatic rings. The zero-order chi connectivity index (χ0) is 21.0. The number of fused-ring (bicyclic) bond motifs is 1. The third-order valence-electron chi connectivity index (χ3n) is 5.30. The van der Waals surface area contributed by atoms with E-state index in [4.69, 9.17) is 9.40 Å². The summed E-state index contributed by atoms with van der Waals surface area (Å²) < 4.78 is 5.69. The number of thiazole rings is 1. The lowest BCUT2D eigenvalue weighted by Gasteiger charge is -2.34. The van der Waals surface area contributed by atoms with Gasteiger partial charge in [-0.05, 0) is 12.1 Å². The van der Waals surface area contributed by atoms with E-state index in [0.29, 0.717) is 11.0 Å². The molecule has 0 unspecified atom stereocenters. The number of hydrogen-bond donors (Lipinski definition) is 0. The van der Waals surface area contributed by atoms with Gasteiger partial charge in [0.2, 0.25) is 5.91 Å². The predicted molar refractivity (Wildman–Crippen MR) is 124 cm³/mol. The molecule has 0 bridgehead atoms. The average Bonchev–Trinajstić information content (AvgIpc) is 3.45. The Hall–Kier alpha value is -2.68. The van der Waals surface area contributed by atoms with Gasteiger partial charge in [-0.15, -0.1) is 11.3 Å². The molecule has 1 fully saturated rings. The van der Waals surface area contributed by atoms with E-state index in [1.54, 1.807) is 11.3 Å². The summed E-state index contributed by atoms with van der Waals surface area (Å²) in [7, 11) is 0. The van der Waals surface area contributed by atoms with Crippen LogP contribution >= 0.6 is 23.1 Å². The molecular formula is C23H22N4O2S2. The zero-order valence-electron chi connectivity index (χ0n) is 16.9. The van der Waals surface area contributed by atoms with Gasteiger partial charge in [-0.1, -0.05) is 54.2 Å². The van der Waals surface area contributed by atoms with Crippen LogP contribution in [0.25, 0.3) is 22.4 Å². The molecule has 0 atom stereocenters. The maximum atomic E-state index is 12.6. The van der Waals surface area contributed by atoms with Gasteiger partial charge in [0.1, 0.15) is 10.5 Å². The molecule has 1 aliphatic heterocycles. The Labute approximate surface area is 188 Å². The molecule has 8 heteroatoms. The van der Waals surface area contributed by atoms with E-state index in [1.165, 1.54) is 11.8 Å². The lowest BCUT2D eigenvalue weighted by Crippen LogP contribution is -2.48. The summed E-state index contributed by atoms with van der Waals surface area (Å²) in [6.45, 7) is 4.03. The number of para-hydroxylation sites is 2. The van der Waals surface area contributed by atoms with E-state index < -0.39 is 0 Å². The standard InChI is InChI=1S/C23H22N4O2S2/c28-22(16-31-23-25-18-8-4-5-9-20(18)29-23)27-12-10-26(11-13-27)14-21-24-19(15-30-21)17-6-2-1-3-7-17/h1-9,15H,10-14,16H2. The summed E-state index contributed by atoms with van der Waals surface area (Å²) in [4.78, 5) is 26.1. The summed E-state index contributed by atoms with van der Waals surface area (Å²) in [5.74, 6) is 0.479. The number of carbonyl (C=O) groups is 1. The molecule has 0 aliphatic carbocycles. The number of piperazine rings is 1. The minimum atomic E-state index is 0.132. The number of thioether (sulfide) groups is 1. The van der Waals surface area contributed by atoms with Gasteiger partial charge in [-0.25, -0.2) is 9.97 Å². The normalized spacial score (nSPS) is 14.9. The van der Waals surface area contributed by atoms with Gasteiger partial charge in [0.15, 0.2) is 5.58 Å². The van der Waals surface area contributed by atoms with Crippen molar-refractivity contribution in [3.8, 4) is 11.3 Å². The van der Waals surface area contributed by atoms with Gasteiger partial charge < -0.3 is 9.32 Å². The fourth-order valence-electron chi connectivity index (χ4n) is 3.60. The summed E-state index contributed by atoms with van der Waals surface area (Å²) in [6.07, 6.45) is 0. The number of hydrogen-bond acceptors (Lipinski definition) is 7. The molecule has 2 aromatic heterocycles. The topological polar surface area (TPSA) is 62.5 Å². The molecule has 1 aliphatic rings. The number of oxazole rings is 1. The first-order valence-electron chi connectivity index (χ1n) is 10.2. The van der Waals surface area contributed by atoms with E-state index in [9.17, 15) is 4.79 Å². The second-order valence-corrected chi connectivity index (χ2v) is 9.25. The van der Waals surface area contributed by atoms with Crippen molar-refractivity contribution in [2.24, 2.45) is 0 Å². The van der Waals surface area contributed by atoms with E-state index in [2.05, 4.69) is 27.4 Å². The maximum Gasteiger partial charge on any atom is 0.257 e. The second-order valence-electron chi connectivity index (χ2n) is 7.39. The minimum absolute atomic E-state index is 0.132. The van der Waals surface area contributed by atoms with Gasteiger partial charge in [-0.2, -0.15) is 0 Å². The molecule has 6 nitrogen and oxygen atoms in total. The van der Waals surface area contributed by atoms with Crippen LogP contribution in [0.5, 0.6) is 0 Å². The summed E-state index contributed by atoms with van der Waals surface area (Å²) in [6, 6.07) is 17.9. The predicted octanol–water partition coefficient (Wildman–Crippen LogP) is 4.39. The Bertz CT molecular complexity index is 1130. The number of nitrogens with zero attached hydrogens (tertiary/aromatic N) is 4. The first-order valence-corrected chi connectivity index (χ1v) is 12.1. The third-order valence-corrected chi connectivity index (χ3v) is 6.94. The van der Waals surface area contributed by atoms with Crippen LogP contribution in [0.4, 0.5) is 0 Å². The number of aromatic nitrogens is 2. The number of amides is 1. The maximum absolute atomic E-state index is 12.6. The highest BCUT2D eigenvalue weighted by atomic mass is 32.2. The quantitative estimate of drug-likeness (QED) is 0.406. The minimum Gasteiger partial charge on any atom is -0.431 e. The van der Waals surface area contributed by atoms with Gasteiger partial charge in [0.05, 0.1) is 18.0 Å². The van der Waals surface area contributed by atoms with Crippen LogP contribution in [-0.4, -0.2) is 57.6 Å². The van der Waals surface area contributed by atoms with Crippen molar-refractivity contribution in [2.45, 2.75) is 11.8 Å². The Morgan fingerprint density at radius 1 is 1.00 bits per heavy atom. The first-order chi connectivity index (χ1) is 15.2. The number of benzene rings is 2. The van der Waals surface area contributed by atoms with Crippen LogP contribution in [0.3, 0.4) is 0 Å². The molecule has 1 saturated heterocycles. The Balaban J connectivity index is 1.10. The highest BCUT2D eigenvalue weighted by molar-refractivity contribution is 7.99. The second kappa shape index (κ2) is 9.21. The van der Waals surface area contributed by atoms with Gasteiger partial charge in [-0.3, -0.25) is 9.69 Å². The van der Waals surface area contributed by atoms with Crippen LogP contribution in [0.1, 0.15) is 5.01 Å². The van der Waals surface area contributed by atoms with Crippen LogP contribution in [-0.2, 0) is 11.3 Å². The van der Waals surface area contributed by atoms with Gasteiger partial charge in [0, 0.05) is 37.1 Å². The molecule has 31 heavy (non-hydrogen) atoms. The van der Waals surface area contributed by atoms with E-state index in [-0.39, 0.29) is 5.91 Å². The Morgan fingerprint density at radius 3 is 2.58 bits per heavy atom. The van der Waals surface area contributed by atoms with Crippen molar-refractivity contribution in [2.75, 3.05) is 31.9 Å². The monoisotopic (exact) mass is 450 g/mol. The SMILES string of the molecule is O=C(CSc1nc2ccccc2o1)N1CCN(Cc2nc(-c3ccccc3)cs2)CC1. The molecule has 5 rings (SSSR count). The largest absolute Gasteiger partial charge is 0.431 e. The van der Waals surface area contributed by atoms with Gasteiger partial charge >= 0.3 is 0 Å². The molecule has 0 spiro atoms. The smallest absolute Gasteiger partial charge is 0.257 e. The fourth-order valence-corrected chi connectivity index (χ4v) is 5.19. The van der Waals surface area contributed by atoms with Crippen molar-refractivity contribution < 1.29 is 9.21 Å². The van der Waals surface area contributed by atoms with Crippen molar-refractivity contribution in [3.63, 3.8) is 0 Å². The molecule has 3 heterocycles.